The summed E-state index contributed by atoms with van der Waals surface area (Å²) in [5.41, 5.74) is 1.09. The van der Waals surface area contributed by atoms with Crippen LogP contribution in [0.1, 0.15) is 12.3 Å². The highest BCUT2D eigenvalue weighted by molar-refractivity contribution is 7.89. The van der Waals surface area contributed by atoms with E-state index in [9.17, 15) is 17.6 Å². The normalized spacial score (nSPS) is 14.9. The van der Waals surface area contributed by atoms with Gasteiger partial charge in [0.25, 0.3) is 0 Å². The fraction of sp³-hybridized carbons (Fsp3) is 0.286. The number of halogens is 1. The first kappa shape index (κ1) is 22.1. The SMILES string of the molecule is O=C(CCc1nc(-c2ccc(S(=O)(=O)N3CCOCC3)cc2)no1)Nc1ccc(F)cc1. The average molecular weight is 460 g/mol. The van der Waals surface area contributed by atoms with Crippen LogP contribution < -0.4 is 5.32 Å². The molecule has 9 nitrogen and oxygen atoms in total. The number of aromatic nitrogens is 2. The van der Waals surface area contributed by atoms with Gasteiger partial charge in [-0.3, -0.25) is 4.79 Å². The molecule has 1 saturated heterocycles. The van der Waals surface area contributed by atoms with E-state index in [2.05, 4.69) is 15.5 Å². The number of nitrogens with one attached hydrogen (secondary N) is 1. The number of morpholine rings is 1. The van der Waals surface area contributed by atoms with E-state index in [0.717, 1.165) is 0 Å². The van der Waals surface area contributed by atoms with Gasteiger partial charge in [-0.15, -0.1) is 0 Å². The Labute approximate surface area is 184 Å². The molecule has 2 aromatic carbocycles. The fourth-order valence-electron chi connectivity index (χ4n) is 3.16. The van der Waals surface area contributed by atoms with Gasteiger partial charge in [0.1, 0.15) is 5.82 Å². The standard InChI is InChI=1S/C21H21FN4O5S/c22-16-3-5-17(6-4-16)23-19(27)9-10-20-24-21(25-31-20)15-1-7-18(8-2-15)32(28,29)26-11-13-30-14-12-26/h1-8H,9-14H2,(H,23,27). The van der Waals surface area contributed by atoms with E-state index in [4.69, 9.17) is 9.26 Å². The third kappa shape index (κ3) is 5.18. The molecule has 1 amide bonds. The molecule has 3 aromatic rings. The Bertz CT molecular complexity index is 1170. The topological polar surface area (TPSA) is 115 Å². The minimum Gasteiger partial charge on any atom is -0.379 e. The van der Waals surface area contributed by atoms with Crippen molar-refractivity contribution >= 4 is 21.6 Å². The average Bonchev–Trinajstić information content (AvgIpc) is 3.29. The van der Waals surface area contributed by atoms with E-state index >= 15 is 0 Å². The minimum absolute atomic E-state index is 0.107. The lowest BCUT2D eigenvalue weighted by Gasteiger charge is -2.26. The first-order valence-electron chi connectivity index (χ1n) is 9.98. The molecular formula is C21H21FN4O5S. The van der Waals surface area contributed by atoms with E-state index < -0.39 is 10.0 Å². The number of sulfonamides is 1. The first-order valence-corrected chi connectivity index (χ1v) is 11.4. The Hall–Kier alpha value is -3.15. The fourth-order valence-corrected chi connectivity index (χ4v) is 4.57. The molecule has 32 heavy (non-hydrogen) atoms. The summed E-state index contributed by atoms with van der Waals surface area (Å²) < 4.78 is 50.1. The van der Waals surface area contributed by atoms with Crippen molar-refractivity contribution in [2.24, 2.45) is 0 Å². The number of carbonyl (C=O) groups excluding carboxylic acids is 1. The van der Waals surface area contributed by atoms with Gasteiger partial charge in [-0.25, -0.2) is 12.8 Å². The minimum atomic E-state index is -3.58. The number of nitrogens with zero attached hydrogens (tertiary/aromatic N) is 3. The van der Waals surface area contributed by atoms with Gasteiger partial charge in [0.2, 0.25) is 27.6 Å². The number of anilines is 1. The van der Waals surface area contributed by atoms with Gasteiger partial charge in [0.05, 0.1) is 18.1 Å². The Kier molecular flexibility index (Phi) is 6.58. The van der Waals surface area contributed by atoms with Crippen LogP contribution in [0.4, 0.5) is 10.1 Å². The Balaban J connectivity index is 1.35. The molecule has 1 aliphatic heterocycles. The second-order valence-electron chi connectivity index (χ2n) is 7.11. The second-order valence-corrected chi connectivity index (χ2v) is 9.05. The maximum atomic E-state index is 12.9. The molecule has 0 saturated carbocycles. The third-order valence-electron chi connectivity index (χ3n) is 4.88. The molecule has 0 unspecified atom stereocenters. The van der Waals surface area contributed by atoms with Crippen molar-refractivity contribution in [3.63, 3.8) is 0 Å². The van der Waals surface area contributed by atoms with Crippen molar-refractivity contribution in [1.29, 1.82) is 0 Å². The van der Waals surface area contributed by atoms with Gasteiger partial charge in [-0.05, 0) is 48.5 Å². The molecule has 0 radical (unpaired) electrons. The highest BCUT2D eigenvalue weighted by atomic mass is 32.2. The van der Waals surface area contributed by atoms with Crippen LogP contribution in [0.5, 0.6) is 0 Å². The van der Waals surface area contributed by atoms with Crippen LogP contribution in [0.3, 0.4) is 0 Å². The number of amides is 1. The second kappa shape index (κ2) is 9.55. The van der Waals surface area contributed by atoms with Crippen LogP contribution in [0.25, 0.3) is 11.4 Å². The molecule has 0 bridgehead atoms. The molecule has 11 heteroatoms. The molecule has 4 rings (SSSR count). The van der Waals surface area contributed by atoms with E-state index in [1.165, 1.54) is 40.7 Å². The summed E-state index contributed by atoms with van der Waals surface area (Å²) in [5.74, 6) is -0.0734. The zero-order chi connectivity index (χ0) is 22.6. The van der Waals surface area contributed by atoms with E-state index in [1.54, 1.807) is 12.1 Å². The van der Waals surface area contributed by atoms with Crippen molar-refractivity contribution < 1.29 is 26.9 Å². The monoisotopic (exact) mass is 460 g/mol. The van der Waals surface area contributed by atoms with Gasteiger partial charge < -0.3 is 14.6 Å². The molecule has 0 aliphatic carbocycles. The maximum Gasteiger partial charge on any atom is 0.243 e. The summed E-state index contributed by atoms with van der Waals surface area (Å²) in [7, 11) is -3.58. The molecule has 1 aliphatic rings. The Morgan fingerprint density at radius 1 is 1.06 bits per heavy atom. The number of aryl methyl sites for hydroxylation is 1. The highest BCUT2D eigenvalue weighted by Gasteiger charge is 2.26. The van der Waals surface area contributed by atoms with E-state index in [0.29, 0.717) is 43.4 Å². The van der Waals surface area contributed by atoms with Gasteiger partial charge >= 0.3 is 0 Å². The molecule has 1 N–H and O–H groups in total. The molecule has 2 heterocycles. The zero-order valence-corrected chi connectivity index (χ0v) is 17.8. The van der Waals surface area contributed by atoms with Gasteiger partial charge in [0, 0.05) is 37.2 Å². The van der Waals surface area contributed by atoms with Crippen LogP contribution in [-0.4, -0.2) is 55.1 Å². The van der Waals surface area contributed by atoms with Crippen molar-refractivity contribution in [1.82, 2.24) is 14.4 Å². The van der Waals surface area contributed by atoms with Gasteiger partial charge in [0.15, 0.2) is 0 Å². The predicted molar refractivity (Wildman–Crippen MR) is 113 cm³/mol. The molecule has 168 valence electrons. The molecule has 0 spiro atoms. The predicted octanol–water partition coefficient (Wildman–Crippen LogP) is 2.47. The van der Waals surface area contributed by atoms with Gasteiger partial charge in [-0.1, -0.05) is 5.16 Å². The largest absolute Gasteiger partial charge is 0.379 e. The number of carbonyl (C=O) groups is 1. The first-order chi connectivity index (χ1) is 15.4. The lowest BCUT2D eigenvalue weighted by molar-refractivity contribution is -0.116. The number of hydrogen-bond donors (Lipinski definition) is 1. The van der Waals surface area contributed by atoms with Crippen LogP contribution >= 0.6 is 0 Å². The highest BCUT2D eigenvalue weighted by Crippen LogP contribution is 2.22. The van der Waals surface area contributed by atoms with Gasteiger partial charge in [-0.2, -0.15) is 9.29 Å². The van der Waals surface area contributed by atoms with Crippen molar-refractivity contribution in [2.75, 3.05) is 31.6 Å². The summed E-state index contributed by atoms with van der Waals surface area (Å²) in [6, 6.07) is 11.7. The third-order valence-corrected chi connectivity index (χ3v) is 6.80. The summed E-state index contributed by atoms with van der Waals surface area (Å²) in [5, 5.41) is 6.56. The molecule has 1 aromatic heterocycles. The number of hydrogen-bond acceptors (Lipinski definition) is 7. The van der Waals surface area contributed by atoms with Crippen molar-refractivity contribution in [3.8, 4) is 11.4 Å². The molecule has 1 fully saturated rings. The zero-order valence-electron chi connectivity index (χ0n) is 17.0. The van der Waals surface area contributed by atoms with E-state index in [1.807, 2.05) is 0 Å². The lowest BCUT2D eigenvalue weighted by Crippen LogP contribution is -2.40. The summed E-state index contributed by atoms with van der Waals surface area (Å²) in [6.07, 6.45) is 0.333. The number of ether oxygens (including phenoxy) is 1. The molecule has 0 atom stereocenters. The number of rotatable bonds is 7. The lowest BCUT2D eigenvalue weighted by atomic mass is 10.2. The van der Waals surface area contributed by atoms with Crippen LogP contribution in [0.15, 0.2) is 57.9 Å². The smallest absolute Gasteiger partial charge is 0.243 e. The summed E-state index contributed by atoms with van der Waals surface area (Å²) in [4.78, 5) is 16.5. The maximum absolute atomic E-state index is 12.9. The Morgan fingerprint density at radius 3 is 2.44 bits per heavy atom. The van der Waals surface area contributed by atoms with Crippen LogP contribution in [-0.2, 0) is 26.0 Å². The van der Waals surface area contributed by atoms with E-state index in [-0.39, 0.29) is 35.4 Å². The van der Waals surface area contributed by atoms with Crippen LogP contribution in [0, 0.1) is 5.82 Å². The van der Waals surface area contributed by atoms with Crippen LogP contribution in [0.2, 0.25) is 0 Å². The Morgan fingerprint density at radius 2 is 1.75 bits per heavy atom. The quantitative estimate of drug-likeness (QED) is 0.576. The van der Waals surface area contributed by atoms with Crippen molar-refractivity contribution in [2.45, 2.75) is 17.7 Å². The summed E-state index contributed by atoms with van der Waals surface area (Å²) >= 11 is 0. The van der Waals surface area contributed by atoms with Crippen molar-refractivity contribution in [3.05, 3.63) is 60.2 Å². The summed E-state index contributed by atoms with van der Waals surface area (Å²) in [6.45, 7) is 1.41. The molecular weight excluding hydrogens is 439 g/mol. The number of benzene rings is 2.